The molecule has 1 saturated heterocycles. The molecule has 0 unspecified atom stereocenters. The van der Waals surface area contributed by atoms with Gasteiger partial charge in [0.25, 0.3) is 5.91 Å². The van der Waals surface area contributed by atoms with E-state index in [0.29, 0.717) is 30.6 Å². The number of sulfonamides is 1. The highest BCUT2D eigenvalue weighted by Gasteiger charge is 2.29. The summed E-state index contributed by atoms with van der Waals surface area (Å²) in [6, 6.07) is 13.9. The Kier molecular flexibility index (Phi) is 8.71. The van der Waals surface area contributed by atoms with Crippen LogP contribution in [0.1, 0.15) is 65.9 Å². The third-order valence-corrected chi connectivity index (χ3v) is 9.08. The number of amides is 2. The molecule has 2 amide bonds. The summed E-state index contributed by atoms with van der Waals surface area (Å²) >= 11 is 0. The maximum Gasteiger partial charge on any atom is 0.404 e. The van der Waals surface area contributed by atoms with Crippen LogP contribution in [0.5, 0.6) is 0 Å². The average Bonchev–Trinajstić information content (AvgIpc) is 3.42. The Morgan fingerprint density at radius 1 is 1.03 bits per heavy atom. The van der Waals surface area contributed by atoms with Crippen molar-refractivity contribution in [3.63, 3.8) is 0 Å². The number of carboxylic acid groups (broad SMARTS) is 1. The fourth-order valence-electron chi connectivity index (χ4n) is 5.22. The van der Waals surface area contributed by atoms with Crippen molar-refractivity contribution in [3.8, 4) is 0 Å². The lowest BCUT2D eigenvalue weighted by Gasteiger charge is -2.30. The number of benzene rings is 2. The molecule has 0 radical (unpaired) electrons. The lowest BCUT2D eigenvalue weighted by molar-refractivity contribution is 0.0830. The number of nitrogens with one attached hydrogen (secondary N) is 2. The van der Waals surface area contributed by atoms with Crippen molar-refractivity contribution < 1.29 is 28.2 Å². The monoisotopic (exact) mass is 529 g/mol. The van der Waals surface area contributed by atoms with Gasteiger partial charge in [0.05, 0.1) is 23.6 Å². The van der Waals surface area contributed by atoms with Crippen LogP contribution in [-0.2, 0) is 16.4 Å². The van der Waals surface area contributed by atoms with Crippen LogP contribution < -0.4 is 14.9 Å². The zero-order valence-corrected chi connectivity index (χ0v) is 21.6. The lowest BCUT2D eigenvalue weighted by atomic mass is 9.94. The van der Waals surface area contributed by atoms with Crippen LogP contribution >= 0.6 is 0 Å². The van der Waals surface area contributed by atoms with Crippen LogP contribution in [0.3, 0.4) is 0 Å². The van der Waals surface area contributed by atoms with E-state index in [-0.39, 0.29) is 18.2 Å². The fraction of sp³-hybridized carbons (Fsp3) is 0.481. The predicted octanol–water partition coefficient (Wildman–Crippen LogP) is 3.24. The second-order valence-electron chi connectivity index (χ2n) is 9.91. The topological polar surface area (TPSA) is 136 Å². The van der Waals surface area contributed by atoms with Gasteiger partial charge in [-0.05, 0) is 67.3 Å². The number of carbonyl (C=O) groups is 2. The molecule has 1 aliphatic carbocycles. The first-order valence-corrected chi connectivity index (χ1v) is 14.5. The summed E-state index contributed by atoms with van der Waals surface area (Å²) in [6.07, 6.45) is 3.43. The molecule has 0 spiro atoms. The molecule has 200 valence electrons. The number of anilines is 1. The zero-order chi connectivity index (χ0) is 26.4. The first kappa shape index (κ1) is 26.9. The summed E-state index contributed by atoms with van der Waals surface area (Å²) in [7, 11) is -3.45. The number of rotatable bonds is 9. The second-order valence-corrected chi connectivity index (χ2v) is 11.9. The Labute approximate surface area is 217 Å². The fourth-order valence-corrected chi connectivity index (χ4v) is 6.84. The number of aliphatic hydroxyl groups excluding tert-OH is 1. The first-order valence-electron chi connectivity index (χ1n) is 12.9. The highest BCUT2D eigenvalue weighted by Crippen LogP contribution is 2.37. The van der Waals surface area contributed by atoms with E-state index in [0.717, 1.165) is 43.2 Å². The quantitative estimate of drug-likeness (QED) is 0.394. The molecule has 2 atom stereocenters. The van der Waals surface area contributed by atoms with Gasteiger partial charge >= 0.3 is 6.09 Å². The minimum absolute atomic E-state index is 0.0874. The molecule has 1 heterocycles. The number of aliphatic hydroxyl groups is 1. The number of hydrogen-bond donors (Lipinski definition) is 4. The molecular formula is C27H35N3O6S. The van der Waals surface area contributed by atoms with Crippen LogP contribution in [-0.4, -0.2) is 61.6 Å². The van der Waals surface area contributed by atoms with E-state index in [2.05, 4.69) is 10.6 Å². The van der Waals surface area contributed by atoms with Gasteiger partial charge in [-0.25, -0.2) is 13.2 Å². The molecule has 2 fully saturated rings. The molecule has 9 nitrogen and oxygen atoms in total. The van der Waals surface area contributed by atoms with Gasteiger partial charge in [0, 0.05) is 18.7 Å². The Morgan fingerprint density at radius 2 is 1.76 bits per heavy atom. The Morgan fingerprint density at radius 3 is 2.43 bits per heavy atom. The van der Waals surface area contributed by atoms with Crippen LogP contribution in [0.25, 0.3) is 0 Å². The van der Waals surface area contributed by atoms with E-state index in [4.69, 9.17) is 5.11 Å². The SMILES string of the molecule is O=C(O)NC[C@@H](O)[C@H](Cc1ccccc1)NC(=O)c1cc(C2CCCC2)cc(N2CCCCS2(=O)=O)c1. The molecule has 2 aromatic carbocycles. The van der Waals surface area contributed by atoms with Gasteiger partial charge < -0.3 is 20.8 Å². The molecule has 10 heteroatoms. The lowest BCUT2D eigenvalue weighted by Crippen LogP contribution is -2.49. The smallest absolute Gasteiger partial charge is 0.404 e. The van der Waals surface area contributed by atoms with E-state index in [1.165, 1.54) is 4.31 Å². The minimum atomic E-state index is -3.45. The molecule has 4 N–H and O–H groups in total. The van der Waals surface area contributed by atoms with E-state index < -0.39 is 34.2 Å². The summed E-state index contributed by atoms with van der Waals surface area (Å²) in [4.78, 5) is 24.5. The molecule has 1 aliphatic heterocycles. The first-order chi connectivity index (χ1) is 17.7. The second kappa shape index (κ2) is 12.0. The summed E-state index contributed by atoms with van der Waals surface area (Å²) in [5.41, 5.74) is 2.66. The summed E-state index contributed by atoms with van der Waals surface area (Å²) < 4.78 is 27.1. The van der Waals surface area contributed by atoms with Crippen LogP contribution in [0.2, 0.25) is 0 Å². The largest absolute Gasteiger partial charge is 0.465 e. The van der Waals surface area contributed by atoms with Gasteiger partial charge in [-0.2, -0.15) is 0 Å². The van der Waals surface area contributed by atoms with Crippen LogP contribution in [0.15, 0.2) is 48.5 Å². The maximum atomic E-state index is 13.5. The standard InChI is InChI=1S/C27H35N3O6S/c31-25(18-28-27(33)34)24(14-19-8-2-1-3-9-19)29-26(32)22-15-21(20-10-4-5-11-20)16-23(17-22)30-12-6-7-13-37(30,35)36/h1-3,8-9,15-17,20,24-25,28,31H,4-7,10-14,18H2,(H,29,32)(H,33,34)/t24-,25+/m0/s1. The molecule has 37 heavy (non-hydrogen) atoms. The Bertz CT molecular complexity index is 1200. The minimum Gasteiger partial charge on any atom is -0.465 e. The van der Waals surface area contributed by atoms with Crippen molar-refractivity contribution in [2.75, 3.05) is 23.1 Å². The van der Waals surface area contributed by atoms with Gasteiger partial charge in [0.2, 0.25) is 10.0 Å². The average molecular weight is 530 g/mol. The van der Waals surface area contributed by atoms with Gasteiger partial charge in [-0.1, -0.05) is 43.2 Å². The normalized spacial score (nSPS) is 19.2. The molecule has 0 bridgehead atoms. The zero-order valence-electron chi connectivity index (χ0n) is 20.8. The highest BCUT2D eigenvalue weighted by molar-refractivity contribution is 7.92. The van der Waals surface area contributed by atoms with Crippen molar-refractivity contribution >= 4 is 27.7 Å². The molecule has 2 aromatic rings. The number of carbonyl (C=O) groups excluding carboxylic acids is 1. The van der Waals surface area contributed by atoms with Crippen molar-refractivity contribution in [1.29, 1.82) is 0 Å². The highest BCUT2D eigenvalue weighted by atomic mass is 32.2. The summed E-state index contributed by atoms with van der Waals surface area (Å²) in [6.45, 7) is 0.139. The van der Waals surface area contributed by atoms with Crippen molar-refractivity contribution in [1.82, 2.24) is 10.6 Å². The third-order valence-electron chi connectivity index (χ3n) is 7.21. The Hall–Kier alpha value is -3.11. The predicted molar refractivity (Wildman–Crippen MR) is 141 cm³/mol. The third kappa shape index (κ3) is 7.01. The summed E-state index contributed by atoms with van der Waals surface area (Å²) in [5, 5.41) is 24.8. The van der Waals surface area contributed by atoms with E-state index >= 15 is 0 Å². The molecular weight excluding hydrogens is 494 g/mol. The molecule has 1 saturated carbocycles. The van der Waals surface area contributed by atoms with E-state index in [9.17, 15) is 23.1 Å². The van der Waals surface area contributed by atoms with E-state index in [1.54, 1.807) is 6.07 Å². The molecule has 0 aromatic heterocycles. The van der Waals surface area contributed by atoms with Crippen molar-refractivity contribution in [2.45, 2.75) is 63.0 Å². The van der Waals surface area contributed by atoms with Gasteiger partial charge in [-0.15, -0.1) is 0 Å². The van der Waals surface area contributed by atoms with Gasteiger partial charge in [-0.3, -0.25) is 9.10 Å². The van der Waals surface area contributed by atoms with Gasteiger partial charge in [0.15, 0.2) is 0 Å². The summed E-state index contributed by atoms with van der Waals surface area (Å²) in [5.74, 6) is -0.0836. The molecule has 4 rings (SSSR count). The maximum absolute atomic E-state index is 13.5. The number of hydrogen-bond acceptors (Lipinski definition) is 5. The van der Waals surface area contributed by atoms with Crippen LogP contribution in [0.4, 0.5) is 10.5 Å². The van der Waals surface area contributed by atoms with Crippen molar-refractivity contribution in [3.05, 3.63) is 65.2 Å². The van der Waals surface area contributed by atoms with Crippen molar-refractivity contribution in [2.24, 2.45) is 0 Å². The Balaban J connectivity index is 1.63. The number of nitrogens with zero attached hydrogens (tertiary/aromatic N) is 1. The molecule has 2 aliphatic rings. The van der Waals surface area contributed by atoms with E-state index in [1.807, 2.05) is 42.5 Å². The van der Waals surface area contributed by atoms with Crippen LogP contribution in [0, 0.1) is 0 Å². The van der Waals surface area contributed by atoms with Gasteiger partial charge in [0.1, 0.15) is 0 Å².